The Hall–Kier alpha value is -3.65. The molecule has 0 unspecified atom stereocenters. The highest BCUT2D eigenvalue weighted by Gasteiger charge is 2.21. The van der Waals surface area contributed by atoms with Crippen molar-refractivity contribution in [2.45, 2.75) is 6.54 Å². The van der Waals surface area contributed by atoms with Crippen LogP contribution in [0.4, 0.5) is 0 Å². The molecule has 0 spiro atoms. The van der Waals surface area contributed by atoms with E-state index in [2.05, 4.69) is 33.1 Å². The van der Waals surface area contributed by atoms with Crippen LogP contribution in [0.15, 0.2) is 66.3 Å². The van der Waals surface area contributed by atoms with E-state index in [4.69, 9.17) is 17.2 Å². The maximum atomic E-state index is 10.1. The number of hydrogen-bond acceptors (Lipinski definition) is 7. The zero-order valence-corrected chi connectivity index (χ0v) is 17.7. The highest BCUT2D eigenvalue weighted by Crippen LogP contribution is 2.24. The van der Waals surface area contributed by atoms with Crippen molar-refractivity contribution in [1.29, 1.82) is 0 Å². The van der Waals surface area contributed by atoms with Crippen LogP contribution in [-0.4, -0.2) is 50.9 Å². The summed E-state index contributed by atoms with van der Waals surface area (Å²) in [5, 5.41) is 15.6. The Morgan fingerprint density at radius 3 is 2.48 bits per heavy atom. The molecule has 1 saturated heterocycles. The van der Waals surface area contributed by atoms with Gasteiger partial charge in [-0.15, -0.1) is 0 Å². The highest BCUT2D eigenvalue weighted by atomic mass is 16.3. The molecule has 0 saturated carbocycles. The number of hydrogen-bond donors (Lipinski definition) is 4. The zero-order chi connectivity index (χ0) is 22.0. The monoisotopic (exact) mass is 419 g/mol. The van der Waals surface area contributed by atoms with Crippen LogP contribution in [0.5, 0.6) is 5.75 Å². The average molecular weight is 420 g/mol. The van der Waals surface area contributed by atoms with Gasteiger partial charge in [-0.1, -0.05) is 24.3 Å². The molecule has 3 aromatic rings. The van der Waals surface area contributed by atoms with Crippen LogP contribution in [0.1, 0.15) is 11.1 Å². The predicted molar refractivity (Wildman–Crippen MR) is 123 cm³/mol. The lowest BCUT2D eigenvalue weighted by atomic mass is 10.1. The molecule has 8 heteroatoms. The van der Waals surface area contributed by atoms with Gasteiger partial charge in [-0.3, -0.25) is 9.58 Å². The summed E-state index contributed by atoms with van der Waals surface area (Å²) in [5.41, 5.74) is 22.3. The molecular weight excluding hydrogens is 390 g/mol. The van der Waals surface area contributed by atoms with E-state index in [0.717, 1.165) is 38.2 Å². The predicted octanol–water partition coefficient (Wildman–Crippen LogP) is 1.48. The molecule has 2 heterocycles. The number of fused-ring (bicyclic) bond motifs is 1. The van der Waals surface area contributed by atoms with Crippen LogP contribution < -0.4 is 17.2 Å². The molecule has 1 aliphatic heterocycles. The van der Waals surface area contributed by atoms with Gasteiger partial charge < -0.3 is 27.2 Å². The minimum absolute atomic E-state index is 0.126. The first-order chi connectivity index (χ1) is 14.9. The Morgan fingerprint density at radius 2 is 1.77 bits per heavy atom. The maximum Gasteiger partial charge on any atom is 0.124 e. The van der Waals surface area contributed by atoms with E-state index < -0.39 is 0 Å². The van der Waals surface area contributed by atoms with Gasteiger partial charge in [0.15, 0.2) is 0 Å². The largest absolute Gasteiger partial charge is 0.507 e. The highest BCUT2D eigenvalue weighted by molar-refractivity contribution is 5.82. The molecule has 1 aliphatic rings. The van der Waals surface area contributed by atoms with Crippen LogP contribution in [0.3, 0.4) is 0 Å². The van der Waals surface area contributed by atoms with Crippen molar-refractivity contribution in [3.8, 4) is 5.75 Å². The smallest absolute Gasteiger partial charge is 0.124 e. The molecular formula is C23H29N7O. The first-order valence-corrected chi connectivity index (χ1v) is 10.3. The fraction of sp³-hybridized carbons (Fsp3) is 0.261. The van der Waals surface area contributed by atoms with Crippen LogP contribution in [0.2, 0.25) is 0 Å². The number of nitrogens with two attached hydrogens (primary N) is 3. The van der Waals surface area contributed by atoms with Gasteiger partial charge in [-0.05, 0) is 29.8 Å². The molecule has 31 heavy (non-hydrogen) atoms. The van der Waals surface area contributed by atoms with Gasteiger partial charge in [0, 0.05) is 56.4 Å². The maximum absolute atomic E-state index is 10.1. The van der Waals surface area contributed by atoms with Gasteiger partial charge in [0.1, 0.15) is 11.6 Å². The molecule has 0 aliphatic carbocycles. The number of aromatic hydroxyl groups is 1. The molecule has 0 amide bonds. The first-order valence-electron chi connectivity index (χ1n) is 10.3. The third-order valence-corrected chi connectivity index (χ3v) is 5.79. The number of phenolic OH excluding ortho intramolecular Hbond substituents is 1. The number of piperazine rings is 1. The lowest BCUT2D eigenvalue weighted by molar-refractivity contribution is 0.155. The summed E-state index contributed by atoms with van der Waals surface area (Å²) in [7, 11) is 1.96. The van der Waals surface area contributed by atoms with Gasteiger partial charge in [0.2, 0.25) is 0 Å². The molecule has 0 radical (unpaired) electrons. The van der Waals surface area contributed by atoms with Crippen molar-refractivity contribution in [3.05, 3.63) is 77.4 Å². The quantitative estimate of drug-likeness (QED) is 0.462. The minimum Gasteiger partial charge on any atom is -0.507 e. The van der Waals surface area contributed by atoms with Gasteiger partial charge in [0.05, 0.1) is 17.4 Å². The van der Waals surface area contributed by atoms with Crippen molar-refractivity contribution in [1.82, 2.24) is 19.6 Å². The summed E-state index contributed by atoms with van der Waals surface area (Å²) in [5.74, 6) is 0.340. The lowest BCUT2D eigenvalue weighted by Gasteiger charge is -2.37. The zero-order valence-electron chi connectivity index (χ0n) is 17.7. The number of benzene rings is 2. The normalized spacial score (nSPS) is 15.4. The molecule has 1 aromatic heterocycles. The van der Waals surface area contributed by atoms with Gasteiger partial charge in [-0.25, -0.2) is 0 Å². The fourth-order valence-electron chi connectivity index (χ4n) is 4.06. The van der Waals surface area contributed by atoms with E-state index in [-0.39, 0.29) is 11.6 Å². The molecule has 0 bridgehead atoms. The van der Waals surface area contributed by atoms with E-state index >= 15 is 0 Å². The number of allylic oxidation sites excluding steroid dienone is 1. The third-order valence-electron chi connectivity index (χ3n) is 5.79. The number of nitrogens with zero attached hydrogens (tertiary/aromatic N) is 4. The first kappa shape index (κ1) is 20.6. The summed E-state index contributed by atoms with van der Waals surface area (Å²) in [6.07, 6.45) is 3.68. The Bertz CT molecular complexity index is 1140. The van der Waals surface area contributed by atoms with E-state index in [0.29, 0.717) is 17.0 Å². The fourth-order valence-corrected chi connectivity index (χ4v) is 4.06. The Morgan fingerprint density at radius 1 is 1.03 bits per heavy atom. The molecule has 2 aromatic carbocycles. The summed E-state index contributed by atoms with van der Waals surface area (Å²) < 4.78 is 1.90. The number of rotatable bonds is 5. The summed E-state index contributed by atoms with van der Waals surface area (Å²) >= 11 is 0. The number of aromatic nitrogens is 2. The second-order valence-corrected chi connectivity index (χ2v) is 7.84. The van der Waals surface area contributed by atoms with Gasteiger partial charge in [0.25, 0.3) is 0 Å². The second-order valence-electron chi connectivity index (χ2n) is 7.84. The third kappa shape index (κ3) is 4.29. The molecule has 0 atom stereocenters. The van der Waals surface area contributed by atoms with Crippen molar-refractivity contribution < 1.29 is 5.11 Å². The lowest BCUT2D eigenvalue weighted by Crippen LogP contribution is -2.46. The van der Waals surface area contributed by atoms with E-state index in [1.807, 2.05) is 24.0 Å². The summed E-state index contributed by atoms with van der Waals surface area (Å²) in [6.45, 7) is 4.17. The van der Waals surface area contributed by atoms with Crippen molar-refractivity contribution in [3.63, 3.8) is 0 Å². The molecule has 162 valence electrons. The average Bonchev–Trinajstić information content (AvgIpc) is 3.15. The van der Waals surface area contributed by atoms with Crippen molar-refractivity contribution >= 4 is 16.6 Å². The van der Waals surface area contributed by atoms with E-state index in [1.54, 1.807) is 24.3 Å². The second kappa shape index (κ2) is 8.61. The van der Waals surface area contributed by atoms with Gasteiger partial charge in [-0.2, -0.15) is 5.10 Å². The Labute approximate surface area is 181 Å². The Balaban J connectivity index is 1.46. The molecule has 1 fully saturated rings. The van der Waals surface area contributed by atoms with Crippen LogP contribution in [-0.2, 0) is 13.6 Å². The van der Waals surface area contributed by atoms with Crippen molar-refractivity contribution in [2.75, 3.05) is 26.2 Å². The minimum atomic E-state index is 0.126. The molecule has 7 N–H and O–H groups in total. The number of para-hydroxylation sites is 1. The number of phenols is 1. The Kier molecular flexibility index (Phi) is 5.73. The summed E-state index contributed by atoms with van der Waals surface area (Å²) in [4.78, 5) is 4.56. The van der Waals surface area contributed by atoms with Crippen molar-refractivity contribution in [2.24, 2.45) is 24.2 Å². The standard InChI is InChI=1S/C23H29N7O/c1-28-20-7-4-5-16(18(20)14-27-28)15-29-9-11-30(12-10-29)21(23(25)26)13-19(24)17-6-2-3-8-22(17)31/h2-8,13-14,31H,9-12,15,24-26H2,1H3/b19-13-. The molecule has 8 nitrogen and oxygen atoms in total. The van der Waals surface area contributed by atoms with E-state index in [9.17, 15) is 5.11 Å². The summed E-state index contributed by atoms with van der Waals surface area (Å²) in [6, 6.07) is 13.3. The number of aryl methyl sites for hydroxylation is 1. The van der Waals surface area contributed by atoms with Crippen LogP contribution in [0, 0.1) is 0 Å². The van der Waals surface area contributed by atoms with Gasteiger partial charge >= 0.3 is 0 Å². The van der Waals surface area contributed by atoms with E-state index in [1.165, 1.54) is 10.9 Å². The topological polar surface area (TPSA) is 123 Å². The SMILES string of the molecule is Cn1ncc2c(CN3CCN(C(/C=C(\N)c4ccccc4O)=C(N)N)CC3)cccc21. The molecule has 4 rings (SSSR count). The van der Waals surface area contributed by atoms with Crippen LogP contribution >= 0.6 is 0 Å². The van der Waals surface area contributed by atoms with Crippen LogP contribution in [0.25, 0.3) is 16.6 Å².